The molecule has 27 heavy (non-hydrogen) atoms. The molecular weight excluding hydrogens is 356 g/mol. The summed E-state index contributed by atoms with van der Waals surface area (Å²) < 4.78 is 5.84. The summed E-state index contributed by atoms with van der Waals surface area (Å²) in [6, 6.07) is 3.62. The van der Waals surface area contributed by atoms with E-state index in [1.807, 2.05) is 19.9 Å². The van der Waals surface area contributed by atoms with Gasteiger partial charge in [0.2, 0.25) is 0 Å². The Bertz CT molecular complexity index is 979. The van der Waals surface area contributed by atoms with E-state index in [1.165, 1.54) is 44.7 Å². The van der Waals surface area contributed by atoms with Gasteiger partial charge in [-0.05, 0) is 94.0 Å². The summed E-state index contributed by atoms with van der Waals surface area (Å²) in [6.45, 7) is 14.7. The molecular formula is C22H26N2O2S. The number of rotatable bonds is 4. The van der Waals surface area contributed by atoms with E-state index >= 15 is 0 Å². The number of hydrogen-bond donors (Lipinski definition) is 1. The highest BCUT2D eigenvalue weighted by Crippen LogP contribution is 2.28. The van der Waals surface area contributed by atoms with Crippen LogP contribution in [0, 0.1) is 48.5 Å². The fourth-order valence-electron chi connectivity index (χ4n) is 3.30. The van der Waals surface area contributed by atoms with Crippen molar-refractivity contribution in [1.82, 2.24) is 4.98 Å². The SMILES string of the molecule is Cc1nc(NC(=O)c2ccc(Cc3c(C)c(C)c(C)c(C)c3C)o2)sc1C. The average Bonchev–Trinajstić information content (AvgIpc) is 3.22. The molecule has 0 fully saturated rings. The Morgan fingerprint density at radius 2 is 1.56 bits per heavy atom. The summed E-state index contributed by atoms with van der Waals surface area (Å²) in [5.74, 6) is 0.839. The second-order valence-corrected chi connectivity index (χ2v) is 8.36. The standard InChI is InChI=1S/C22H26N2O2S/c1-11-12(2)14(4)19(15(5)13(11)3)10-18-8-9-20(26-18)21(25)24-22-23-16(6)17(7)27-22/h8-9H,10H2,1-7H3,(H,23,24,25). The zero-order chi connectivity index (χ0) is 19.9. The fraction of sp³-hybridized carbons (Fsp3) is 0.364. The first-order chi connectivity index (χ1) is 12.7. The molecule has 0 unspecified atom stereocenters. The van der Waals surface area contributed by atoms with Crippen LogP contribution in [0.5, 0.6) is 0 Å². The topological polar surface area (TPSA) is 55.1 Å². The molecule has 1 aromatic carbocycles. The van der Waals surface area contributed by atoms with Crippen molar-refractivity contribution in [2.75, 3.05) is 5.32 Å². The van der Waals surface area contributed by atoms with Crippen LogP contribution in [0.3, 0.4) is 0 Å². The van der Waals surface area contributed by atoms with Crippen molar-refractivity contribution in [3.8, 4) is 0 Å². The lowest BCUT2D eigenvalue weighted by Gasteiger charge is -2.18. The minimum atomic E-state index is -0.264. The van der Waals surface area contributed by atoms with Gasteiger partial charge < -0.3 is 4.42 Å². The largest absolute Gasteiger partial charge is 0.456 e. The molecule has 4 nitrogen and oxygen atoms in total. The average molecular weight is 383 g/mol. The van der Waals surface area contributed by atoms with Crippen LogP contribution >= 0.6 is 11.3 Å². The summed E-state index contributed by atoms with van der Waals surface area (Å²) >= 11 is 1.47. The lowest BCUT2D eigenvalue weighted by atomic mass is 9.88. The number of amides is 1. The first kappa shape index (κ1) is 19.4. The minimum Gasteiger partial charge on any atom is -0.456 e. The Morgan fingerprint density at radius 1 is 0.963 bits per heavy atom. The molecule has 0 aliphatic heterocycles. The van der Waals surface area contributed by atoms with Gasteiger partial charge in [-0.2, -0.15) is 0 Å². The first-order valence-electron chi connectivity index (χ1n) is 9.09. The molecule has 2 heterocycles. The Hall–Kier alpha value is -2.40. The third kappa shape index (κ3) is 3.69. The molecule has 0 radical (unpaired) electrons. The van der Waals surface area contributed by atoms with Crippen molar-refractivity contribution in [1.29, 1.82) is 0 Å². The molecule has 0 aliphatic carbocycles. The zero-order valence-electron chi connectivity index (χ0n) is 17.0. The summed E-state index contributed by atoms with van der Waals surface area (Å²) in [6.07, 6.45) is 0.683. The lowest BCUT2D eigenvalue weighted by Crippen LogP contribution is -2.10. The van der Waals surface area contributed by atoms with E-state index < -0.39 is 0 Å². The van der Waals surface area contributed by atoms with Crippen LogP contribution in [-0.2, 0) is 6.42 Å². The summed E-state index contributed by atoms with van der Waals surface area (Å²) in [7, 11) is 0. The molecule has 0 aliphatic rings. The Labute approximate surface area is 164 Å². The van der Waals surface area contributed by atoms with Crippen LogP contribution in [0.2, 0.25) is 0 Å². The van der Waals surface area contributed by atoms with Gasteiger partial charge in [0, 0.05) is 11.3 Å². The van der Waals surface area contributed by atoms with Crippen molar-refractivity contribution < 1.29 is 9.21 Å². The van der Waals surface area contributed by atoms with Gasteiger partial charge in [0.1, 0.15) is 5.76 Å². The van der Waals surface area contributed by atoms with Crippen LogP contribution in [0.1, 0.15) is 60.3 Å². The highest BCUT2D eigenvalue weighted by atomic mass is 32.1. The number of hydrogen-bond acceptors (Lipinski definition) is 4. The molecule has 3 rings (SSSR count). The van der Waals surface area contributed by atoms with Crippen LogP contribution in [0.4, 0.5) is 5.13 Å². The van der Waals surface area contributed by atoms with E-state index in [4.69, 9.17) is 4.42 Å². The Kier molecular flexibility index (Phi) is 5.24. The summed E-state index contributed by atoms with van der Waals surface area (Å²) in [5, 5.41) is 3.42. The number of thiazole rings is 1. The first-order valence-corrected chi connectivity index (χ1v) is 9.90. The van der Waals surface area contributed by atoms with Gasteiger partial charge in [0.25, 0.3) is 5.91 Å². The predicted octanol–water partition coefficient (Wildman–Crippen LogP) is 5.74. The molecule has 2 aromatic heterocycles. The fourth-order valence-corrected chi connectivity index (χ4v) is 4.11. The van der Waals surface area contributed by atoms with Crippen LogP contribution < -0.4 is 5.32 Å². The zero-order valence-corrected chi connectivity index (χ0v) is 17.9. The Morgan fingerprint density at radius 3 is 2.11 bits per heavy atom. The number of nitrogens with zero attached hydrogens (tertiary/aromatic N) is 1. The maximum absolute atomic E-state index is 12.4. The molecule has 142 valence electrons. The normalized spacial score (nSPS) is 11.1. The Balaban J connectivity index is 1.82. The minimum absolute atomic E-state index is 0.264. The second-order valence-electron chi connectivity index (χ2n) is 7.16. The van der Waals surface area contributed by atoms with E-state index in [0.717, 1.165) is 16.3 Å². The lowest BCUT2D eigenvalue weighted by molar-refractivity contribution is 0.0995. The van der Waals surface area contributed by atoms with Gasteiger partial charge in [0.05, 0.1) is 5.69 Å². The van der Waals surface area contributed by atoms with Crippen molar-refractivity contribution in [2.45, 2.75) is 54.9 Å². The molecule has 0 spiro atoms. The number of anilines is 1. The quantitative estimate of drug-likeness (QED) is 0.626. The molecule has 0 atom stereocenters. The van der Waals surface area contributed by atoms with Crippen LogP contribution in [0.15, 0.2) is 16.5 Å². The monoisotopic (exact) mass is 382 g/mol. The molecule has 0 bridgehead atoms. The molecule has 3 aromatic rings. The number of aromatic nitrogens is 1. The van der Waals surface area contributed by atoms with Crippen molar-refractivity contribution in [2.24, 2.45) is 0 Å². The summed E-state index contributed by atoms with van der Waals surface area (Å²) in [4.78, 5) is 17.9. The highest BCUT2D eigenvalue weighted by Gasteiger charge is 2.17. The van der Waals surface area contributed by atoms with E-state index in [1.54, 1.807) is 6.07 Å². The predicted molar refractivity (Wildman–Crippen MR) is 111 cm³/mol. The molecule has 0 saturated heterocycles. The molecule has 1 N–H and O–H groups in total. The number of carbonyl (C=O) groups excluding carboxylic acids is 1. The smallest absolute Gasteiger partial charge is 0.293 e. The number of benzene rings is 1. The molecule has 5 heteroatoms. The van der Waals surface area contributed by atoms with Gasteiger partial charge >= 0.3 is 0 Å². The van der Waals surface area contributed by atoms with E-state index in [9.17, 15) is 4.79 Å². The number of aryl methyl sites for hydroxylation is 2. The third-order valence-corrected chi connectivity index (χ3v) is 6.63. The maximum atomic E-state index is 12.4. The van der Waals surface area contributed by atoms with Crippen LogP contribution in [-0.4, -0.2) is 10.9 Å². The van der Waals surface area contributed by atoms with Gasteiger partial charge in [-0.15, -0.1) is 11.3 Å². The van der Waals surface area contributed by atoms with E-state index in [0.29, 0.717) is 17.3 Å². The second kappa shape index (κ2) is 7.31. The van der Waals surface area contributed by atoms with Crippen molar-refractivity contribution >= 4 is 22.4 Å². The number of nitrogens with one attached hydrogen (secondary N) is 1. The van der Waals surface area contributed by atoms with Crippen molar-refractivity contribution in [3.63, 3.8) is 0 Å². The summed E-state index contributed by atoms with van der Waals surface area (Å²) in [5.41, 5.74) is 8.81. The van der Waals surface area contributed by atoms with E-state index in [2.05, 4.69) is 44.9 Å². The number of carbonyl (C=O) groups is 1. The molecule has 1 amide bonds. The number of furan rings is 1. The van der Waals surface area contributed by atoms with E-state index in [-0.39, 0.29) is 5.91 Å². The van der Waals surface area contributed by atoms with Crippen molar-refractivity contribution in [3.05, 3.63) is 67.6 Å². The van der Waals surface area contributed by atoms with Gasteiger partial charge in [-0.3, -0.25) is 10.1 Å². The third-order valence-electron chi connectivity index (χ3n) is 5.64. The van der Waals surface area contributed by atoms with Gasteiger partial charge in [0.15, 0.2) is 10.9 Å². The van der Waals surface area contributed by atoms with Gasteiger partial charge in [-0.25, -0.2) is 4.98 Å². The maximum Gasteiger partial charge on any atom is 0.293 e. The van der Waals surface area contributed by atoms with Crippen LogP contribution in [0.25, 0.3) is 0 Å². The highest BCUT2D eigenvalue weighted by molar-refractivity contribution is 7.15. The van der Waals surface area contributed by atoms with Gasteiger partial charge in [-0.1, -0.05) is 0 Å². The molecule has 0 saturated carbocycles.